The Balaban J connectivity index is 1.95. The lowest BCUT2D eigenvalue weighted by atomic mass is 9.84. The zero-order chi connectivity index (χ0) is 9.15. The van der Waals surface area contributed by atoms with Crippen molar-refractivity contribution in [2.75, 3.05) is 19.7 Å². The highest BCUT2D eigenvalue weighted by atomic mass is 16.5. The number of hydrogen-bond acceptors (Lipinski definition) is 2. The minimum atomic E-state index is 0.211. The molecule has 0 bridgehead atoms. The molecule has 2 aliphatic rings. The molecule has 1 atom stereocenters. The number of ether oxygens (including phenoxy) is 1. The highest BCUT2D eigenvalue weighted by Crippen LogP contribution is 2.32. The Bertz CT molecular complexity index is 163. The van der Waals surface area contributed by atoms with Crippen LogP contribution >= 0.6 is 0 Å². The lowest BCUT2D eigenvalue weighted by Crippen LogP contribution is -2.42. The Morgan fingerprint density at radius 2 is 2.00 bits per heavy atom. The van der Waals surface area contributed by atoms with Crippen LogP contribution in [0.1, 0.15) is 39.0 Å². The van der Waals surface area contributed by atoms with Crippen molar-refractivity contribution in [3.05, 3.63) is 0 Å². The standard InChI is InChI=1S/C11H21NO/c1-10-7-12-9-11(13-8-10)5-3-2-4-6-11/h10,12H,2-9H2,1H3. The van der Waals surface area contributed by atoms with Gasteiger partial charge >= 0.3 is 0 Å². The first-order chi connectivity index (χ1) is 6.31. The molecule has 2 nitrogen and oxygen atoms in total. The van der Waals surface area contributed by atoms with Crippen LogP contribution in [0.15, 0.2) is 0 Å². The van der Waals surface area contributed by atoms with Gasteiger partial charge in [-0.3, -0.25) is 0 Å². The van der Waals surface area contributed by atoms with Gasteiger partial charge < -0.3 is 10.1 Å². The summed E-state index contributed by atoms with van der Waals surface area (Å²) in [6.07, 6.45) is 6.66. The van der Waals surface area contributed by atoms with E-state index in [4.69, 9.17) is 4.74 Å². The molecule has 2 heteroatoms. The molecule has 0 aromatic heterocycles. The molecule has 0 aromatic carbocycles. The SMILES string of the molecule is CC1CNCC2(CCCCC2)OC1. The Hall–Kier alpha value is -0.0800. The van der Waals surface area contributed by atoms with Crippen LogP contribution in [0, 0.1) is 5.92 Å². The van der Waals surface area contributed by atoms with Crippen molar-refractivity contribution in [1.82, 2.24) is 5.32 Å². The van der Waals surface area contributed by atoms with E-state index in [1.807, 2.05) is 0 Å². The van der Waals surface area contributed by atoms with Crippen molar-refractivity contribution < 1.29 is 4.74 Å². The summed E-state index contributed by atoms with van der Waals surface area (Å²) in [7, 11) is 0. The molecular formula is C11H21NO. The molecule has 1 heterocycles. The van der Waals surface area contributed by atoms with Gasteiger partial charge in [0.05, 0.1) is 12.2 Å². The van der Waals surface area contributed by atoms with Crippen LogP contribution in [0.5, 0.6) is 0 Å². The van der Waals surface area contributed by atoms with Crippen LogP contribution in [-0.2, 0) is 4.74 Å². The maximum Gasteiger partial charge on any atom is 0.0806 e. The fourth-order valence-corrected chi connectivity index (χ4v) is 2.49. The molecule has 1 unspecified atom stereocenters. The van der Waals surface area contributed by atoms with Crippen LogP contribution in [0.2, 0.25) is 0 Å². The molecule has 1 aliphatic carbocycles. The summed E-state index contributed by atoms with van der Waals surface area (Å²) in [5.41, 5.74) is 0.211. The van der Waals surface area contributed by atoms with Gasteiger partial charge in [-0.1, -0.05) is 26.2 Å². The predicted octanol–water partition coefficient (Wildman–Crippen LogP) is 1.95. The zero-order valence-corrected chi connectivity index (χ0v) is 8.64. The van der Waals surface area contributed by atoms with Gasteiger partial charge in [-0.2, -0.15) is 0 Å². The molecule has 0 aromatic rings. The Kier molecular flexibility index (Phi) is 2.89. The third-order valence-electron chi connectivity index (χ3n) is 3.38. The molecule has 2 rings (SSSR count). The van der Waals surface area contributed by atoms with Crippen molar-refractivity contribution in [2.24, 2.45) is 5.92 Å². The molecule has 1 spiro atoms. The highest BCUT2D eigenvalue weighted by molar-refractivity contribution is 4.88. The second-order valence-corrected chi connectivity index (χ2v) is 4.79. The zero-order valence-electron chi connectivity index (χ0n) is 8.64. The Morgan fingerprint density at radius 3 is 2.77 bits per heavy atom. The Labute approximate surface area is 81.0 Å². The normalized spacial score (nSPS) is 34.4. The van der Waals surface area contributed by atoms with Crippen LogP contribution in [-0.4, -0.2) is 25.3 Å². The summed E-state index contributed by atoms with van der Waals surface area (Å²) in [6, 6.07) is 0. The molecule has 13 heavy (non-hydrogen) atoms. The van der Waals surface area contributed by atoms with E-state index in [0.29, 0.717) is 5.92 Å². The van der Waals surface area contributed by atoms with E-state index < -0.39 is 0 Å². The van der Waals surface area contributed by atoms with Gasteiger partial charge in [0.2, 0.25) is 0 Å². The minimum absolute atomic E-state index is 0.211. The van der Waals surface area contributed by atoms with E-state index in [-0.39, 0.29) is 5.60 Å². The molecule has 1 aliphatic heterocycles. The first kappa shape index (κ1) is 9.47. The van der Waals surface area contributed by atoms with E-state index in [1.54, 1.807) is 0 Å². The van der Waals surface area contributed by atoms with Crippen LogP contribution < -0.4 is 5.32 Å². The minimum Gasteiger partial charge on any atom is -0.373 e. The maximum absolute atomic E-state index is 6.08. The summed E-state index contributed by atoms with van der Waals surface area (Å²) in [6.45, 7) is 5.42. The van der Waals surface area contributed by atoms with Gasteiger partial charge in [0, 0.05) is 13.1 Å². The largest absolute Gasteiger partial charge is 0.373 e. The summed E-state index contributed by atoms with van der Waals surface area (Å²) in [5.74, 6) is 0.682. The molecule has 0 amide bonds. The van der Waals surface area contributed by atoms with E-state index in [2.05, 4.69) is 12.2 Å². The lowest BCUT2D eigenvalue weighted by Gasteiger charge is -2.36. The van der Waals surface area contributed by atoms with Gasteiger partial charge in [-0.25, -0.2) is 0 Å². The molecule has 2 fully saturated rings. The van der Waals surface area contributed by atoms with E-state index >= 15 is 0 Å². The van der Waals surface area contributed by atoms with Gasteiger partial charge in [-0.15, -0.1) is 0 Å². The first-order valence-electron chi connectivity index (χ1n) is 5.65. The third kappa shape index (κ3) is 2.23. The third-order valence-corrected chi connectivity index (χ3v) is 3.38. The second kappa shape index (κ2) is 3.97. The molecule has 1 saturated heterocycles. The number of hydrogen-bond donors (Lipinski definition) is 1. The van der Waals surface area contributed by atoms with E-state index in [9.17, 15) is 0 Å². The van der Waals surface area contributed by atoms with Crippen molar-refractivity contribution >= 4 is 0 Å². The van der Waals surface area contributed by atoms with Crippen molar-refractivity contribution in [3.8, 4) is 0 Å². The molecular weight excluding hydrogens is 162 g/mol. The monoisotopic (exact) mass is 183 g/mol. The van der Waals surface area contributed by atoms with Crippen molar-refractivity contribution in [1.29, 1.82) is 0 Å². The van der Waals surface area contributed by atoms with E-state index in [0.717, 1.165) is 19.7 Å². The van der Waals surface area contributed by atoms with Crippen LogP contribution in [0.3, 0.4) is 0 Å². The molecule has 0 radical (unpaired) electrons. The fraction of sp³-hybridized carbons (Fsp3) is 1.00. The summed E-state index contributed by atoms with van der Waals surface area (Å²) in [4.78, 5) is 0. The van der Waals surface area contributed by atoms with E-state index in [1.165, 1.54) is 32.1 Å². The quantitative estimate of drug-likeness (QED) is 0.619. The van der Waals surface area contributed by atoms with Crippen molar-refractivity contribution in [2.45, 2.75) is 44.6 Å². The smallest absolute Gasteiger partial charge is 0.0806 e. The van der Waals surface area contributed by atoms with Gasteiger partial charge in [0.1, 0.15) is 0 Å². The summed E-state index contributed by atoms with van der Waals surface area (Å²) < 4.78 is 6.08. The summed E-state index contributed by atoms with van der Waals surface area (Å²) in [5, 5.41) is 3.53. The van der Waals surface area contributed by atoms with Crippen molar-refractivity contribution in [3.63, 3.8) is 0 Å². The average molecular weight is 183 g/mol. The topological polar surface area (TPSA) is 21.3 Å². The van der Waals surface area contributed by atoms with Gasteiger partial charge in [0.15, 0.2) is 0 Å². The predicted molar refractivity (Wildman–Crippen MR) is 53.8 cm³/mol. The number of nitrogens with one attached hydrogen (secondary N) is 1. The number of rotatable bonds is 0. The summed E-state index contributed by atoms with van der Waals surface area (Å²) >= 11 is 0. The molecule has 1 saturated carbocycles. The Morgan fingerprint density at radius 1 is 1.23 bits per heavy atom. The lowest BCUT2D eigenvalue weighted by molar-refractivity contribution is -0.0658. The van der Waals surface area contributed by atoms with Crippen LogP contribution in [0.25, 0.3) is 0 Å². The first-order valence-corrected chi connectivity index (χ1v) is 5.65. The maximum atomic E-state index is 6.08. The molecule has 76 valence electrons. The van der Waals surface area contributed by atoms with Crippen LogP contribution in [0.4, 0.5) is 0 Å². The average Bonchev–Trinajstić information content (AvgIpc) is 2.32. The fourth-order valence-electron chi connectivity index (χ4n) is 2.49. The second-order valence-electron chi connectivity index (χ2n) is 4.79. The highest BCUT2D eigenvalue weighted by Gasteiger charge is 2.34. The van der Waals surface area contributed by atoms with Gasteiger partial charge in [0.25, 0.3) is 0 Å². The van der Waals surface area contributed by atoms with Gasteiger partial charge in [-0.05, 0) is 18.8 Å². The molecule has 1 N–H and O–H groups in total.